The molecule has 2 aromatic rings. The number of carbonyl (C=O) groups is 1. The molecule has 2 atom stereocenters. The van der Waals surface area contributed by atoms with Crippen molar-refractivity contribution < 1.29 is 4.79 Å². The second-order valence-corrected chi connectivity index (χ2v) is 9.72. The molecule has 1 aliphatic carbocycles. The molecule has 178 valence electrons. The summed E-state index contributed by atoms with van der Waals surface area (Å²) in [7, 11) is 0. The lowest BCUT2D eigenvalue weighted by Gasteiger charge is -2.40. The summed E-state index contributed by atoms with van der Waals surface area (Å²) in [6, 6.07) is 14.5. The summed E-state index contributed by atoms with van der Waals surface area (Å²) in [6.07, 6.45) is 4.06. The lowest BCUT2D eigenvalue weighted by Crippen LogP contribution is -2.54. The van der Waals surface area contributed by atoms with Gasteiger partial charge >= 0.3 is 0 Å². The van der Waals surface area contributed by atoms with Crippen LogP contribution in [0, 0.1) is 0 Å². The Hall–Kier alpha value is -2.08. The SMILES string of the molecule is CCN(CC)[C@@H]1CCc2cccc(N3CCN(C(=O)[C@H](N)Cc4ccc(Cl)cc4)CC3)c2C1. The third kappa shape index (κ3) is 5.53. The molecular weight excluding hydrogens is 432 g/mol. The molecule has 0 bridgehead atoms. The molecule has 0 aromatic heterocycles. The van der Waals surface area contributed by atoms with E-state index in [9.17, 15) is 4.79 Å². The Kier molecular flexibility index (Phi) is 7.94. The van der Waals surface area contributed by atoms with Crippen LogP contribution in [0.4, 0.5) is 5.69 Å². The van der Waals surface area contributed by atoms with Crippen molar-refractivity contribution in [3.05, 3.63) is 64.2 Å². The van der Waals surface area contributed by atoms with Gasteiger partial charge in [0.1, 0.15) is 0 Å². The first-order chi connectivity index (χ1) is 16.0. The Balaban J connectivity index is 1.38. The molecule has 1 amide bonds. The van der Waals surface area contributed by atoms with Gasteiger partial charge in [0.25, 0.3) is 0 Å². The Morgan fingerprint density at radius 1 is 1.09 bits per heavy atom. The summed E-state index contributed by atoms with van der Waals surface area (Å²) < 4.78 is 0. The summed E-state index contributed by atoms with van der Waals surface area (Å²) in [5.74, 6) is 0.0429. The maximum Gasteiger partial charge on any atom is 0.239 e. The van der Waals surface area contributed by atoms with Crippen molar-refractivity contribution in [3.63, 3.8) is 0 Å². The van der Waals surface area contributed by atoms with Gasteiger partial charge in [0.2, 0.25) is 5.91 Å². The van der Waals surface area contributed by atoms with Gasteiger partial charge in [-0.1, -0.05) is 49.7 Å². The summed E-state index contributed by atoms with van der Waals surface area (Å²) in [4.78, 5) is 20.0. The predicted molar refractivity (Wildman–Crippen MR) is 137 cm³/mol. The van der Waals surface area contributed by atoms with Gasteiger partial charge < -0.3 is 20.4 Å². The first-order valence-corrected chi connectivity index (χ1v) is 12.8. The monoisotopic (exact) mass is 468 g/mol. The number of anilines is 1. The van der Waals surface area contributed by atoms with Crippen molar-refractivity contribution in [1.82, 2.24) is 9.80 Å². The molecule has 0 unspecified atom stereocenters. The van der Waals surface area contributed by atoms with Crippen molar-refractivity contribution in [2.75, 3.05) is 44.2 Å². The zero-order valence-electron chi connectivity index (χ0n) is 20.0. The van der Waals surface area contributed by atoms with E-state index in [0.717, 1.165) is 57.7 Å². The fourth-order valence-electron chi connectivity index (χ4n) is 5.46. The van der Waals surface area contributed by atoms with Crippen LogP contribution in [-0.2, 0) is 24.1 Å². The average Bonchev–Trinajstić information content (AvgIpc) is 2.85. The van der Waals surface area contributed by atoms with E-state index in [1.807, 2.05) is 29.2 Å². The fraction of sp³-hybridized carbons (Fsp3) is 0.519. The number of carbonyl (C=O) groups excluding carboxylic acids is 1. The number of piperazine rings is 1. The zero-order valence-corrected chi connectivity index (χ0v) is 20.7. The van der Waals surface area contributed by atoms with Crippen molar-refractivity contribution in [2.45, 2.75) is 51.6 Å². The van der Waals surface area contributed by atoms with Gasteiger partial charge in [-0.25, -0.2) is 0 Å². The number of fused-ring (bicyclic) bond motifs is 1. The van der Waals surface area contributed by atoms with Gasteiger partial charge in [-0.05, 0) is 73.7 Å². The van der Waals surface area contributed by atoms with Gasteiger partial charge in [-0.3, -0.25) is 4.79 Å². The van der Waals surface area contributed by atoms with Crippen molar-refractivity contribution >= 4 is 23.2 Å². The number of rotatable bonds is 7. The Morgan fingerprint density at radius 3 is 2.45 bits per heavy atom. The van der Waals surface area contributed by atoms with Crippen LogP contribution >= 0.6 is 11.6 Å². The van der Waals surface area contributed by atoms with E-state index in [-0.39, 0.29) is 5.91 Å². The van der Waals surface area contributed by atoms with Crippen molar-refractivity contribution in [2.24, 2.45) is 5.73 Å². The van der Waals surface area contributed by atoms with Gasteiger partial charge in [-0.2, -0.15) is 0 Å². The first-order valence-electron chi connectivity index (χ1n) is 12.4. The number of hydrogen-bond acceptors (Lipinski definition) is 4. The van der Waals surface area contributed by atoms with Crippen LogP contribution < -0.4 is 10.6 Å². The molecule has 4 rings (SSSR count). The largest absolute Gasteiger partial charge is 0.368 e. The minimum absolute atomic E-state index is 0.0429. The normalized spacial score (nSPS) is 19.5. The molecule has 6 heteroatoms. The predicted octanol–water partition coefficient (Wildman–Crippen LogP) is 3.76. The number of nitrogens with two attached hydrogens (primary N) is 1. The molecule has 0 radical (unpaired) electrons. The van der Waals surface area contributed by atoms with Crippen LogP contribution in [0.2, 0.25) is 5.02 Å². The van der Waals surface area contributed by atoms with E-state index in [1.165, 1.54) is 23.2 Å². The molecule has 1 saturated heterocycles. The quantitative estimate of drug-likeness (QED) is 0.672. The van der Waals surface area contributed by atoms with E-state index < -0.39 is 6.04 Å². The molecule has 2 N–H and O–H groups in total. The maximum atomic E-state index is 13.0. The zero-order chi connectivity index (χ0) is 23.4. The number of amides is 1. The Bertz CT molecular complexity index is 936. The lowest BCUT2D eigenvalue weighted by molar-refractivity contribution is -0.132. The highest BCUT2D eigenvalue weighted by molar-refractivity contribution is 6.30. The molecule has 2 aliphatic rings. The smallest absolute Gasteiger partial charge is 0.239 e. The first kappa shape index (κ1) is 24.1. The van der Waals surface area contributed by atoms with Crippen LogP contribution in [-0.4, -0.2) is 67.1 Å². The number of aryl methyl sites for hydroxylation is 1. The van der Waals surface area contributed by atoms with Crippen LogP contribution in [0.3, 0.4) is 0 Å². The van der Waals surface area contributed by atoms with Gasteiger partial charge in [0.05, 0.1) is 6.04 Å². The molecule has 1 heterocycles. The number of hydrogen-bond donors (Lipinski definition) is 1. The molecule has 1 aliphatic heterocycles. The summed E-state index contributed by atoms with van der Waals surface area (Å²) in [5, 5.41) is 0.696. The maximum absolute atomic E-state index is 13.0. The molecular formula is C27H37ClN4O. The number of benzene rings is 2. The van der Waals surface area contributed by atoms with E-state index >= 15 is 0 Å². The standard InChI is InChI=1S/C27H37ClN4O/c1-3-30(4-2)23-13-10-21-6-5-7-26(24(21)19-23)31-14-16-32(17-15-31)27(33)25(29)18-20-8-11-22(28)12-9-20/h5-9,11-12,23,25H,3-4,10,13-19,29H2,1-2H3/t23-,25-/m1/s1. The van der Waals surface area contributed by atoms with Crippen LogP contribution in [0.25, 0.3) is 0 Å². The van der Waals surface area contributed by atoms with Crippen LogP contribution in [0.15, 0.2) is 42.5 Å². The van der Waals surface area contributed by atoms with Gasteiger partial charge in [0, 0.05) is 42.9 Å². The summed E-state index contributed by atoms with van der Waals surface area (Å²) in [5.41, 5.74) is 11.7. The van der Waals surface area contributed by atoms with Gasteiger partial charge in [0.15, 0.2) is 0 Å². The third-order valence-corrected chi connectivity index (χ3v) is 7.63. The van der Waals surface area contributed by atoms with Crippen molar-refractivity contribution in [1.29, 1.82) is 0 Å². The van der Waals surface area contributed by atoms with Crippen molar-refractivity contribution in [3.8, 4) is 0 Å². The number of nitrogens with zero attached hydrogens (tertiary/aromatic N) is 3. The number of likely N-dealkylation sites (N-methyl/N-ethyl adjacent to an activating group) is 1. The number of halogens is 1. The molecule has 2 aromatic carbocycles. The Morgan fingerprint density at radius 2 is 1.79 bits per heavy atom. The Labute approximate surface area is 203 Å². The van der Waals surface area contributed by atoms with Crippen LogP contribution in [0.1, 0.15) is 37.0 Å². The molecule has 0 saturated carbocycles. The second kappa shape index (κ2) is 10.9. The molecule has 5 nitrogen and oxygen atoms in total. The minimum atomic E-state index is -0.517. The third-order valence-electron chi connectivity index (χ3n) is 7.38. The van der Waals surface area contributed by atoms with E-state index in [2.05, 4.69) is 41.8 Å². The summed E-state index contributed by atoms with van der Waals surface area (Å²) >= 11 is 5.97. The molecule has 33 heavy (non-hydrogen) atoms. The van der Waals surface area contributed by atoms with E-state index in [1.54, 1.807) is 0 Å². The summed E-state index contributed by atoms with van der Waals surface area (Å²) in [6.45, 7) is 9.88. The van der Waals surface area contributed by atoms with E-state index in [4.69, 9.17) is 17.3 Å². The lowest BCUT2D eigenvalue weighted by atomic mass is 9.86. The topological polar surface area (TPSA) is 52.8 Å². The second-order valence-electron chi connectivity index (χ2n) is 9.28. The van der Waals surface area contributed by atoms with E-state index in [0.29, 0.717) is 17.5 Å². The van der Waals surface area contributed by atoms with Crippen LogP contribution in [0.5, 0.6) is 0 Å². The van der Waals surface area contributed by atoms with Gasteiger partial charge in [-0.15, -0.1) is 0 Å². The highest BCUT2D eigenvalue weighted by Crippen LogP contribution is 2.33. The minimum Gasteiger partial charge on any atom is -0.368 e. The molecule has 1 fully saturated rings. The molecule has 0 spiro atoms. The fourth-order valence-corrected chi connectivity index (χ4v) is 5.59. The highest BCUT2D eigenvalue weighted by atomic mass is 35.5. The average molecular weight is 469 g/mol. The highest BCUT2D eigenvalue weighted by Gasteiger charge is 2.29.